The van der Waals surface area contributed by atoms with Gasteiger partial charge in [-0.15, -0.1) is 0 Å². The van der Waals surface area contributed by atoms with Crippen molar-refractivity contribution in [1.82, 2.24) is 25.6 Å². The third-order valence-electron chi connectivity index (χ3n) is 3.52. The lowest BCUT2D eigenvalue weighted by atomic mass is 10.1. The van der Waals surface area contributed by atoms with E-state index in [0.29, 0.717) is 12.4 Å². The molecule has 0 aliphatic carbocycles. The summed E-state index contributed by atoms with van der Waals surface area (Å²) in [5.41, 5.74) is 0.0231. The molecule has 0 radical (unpaired) electrons. The van der Waals surface area contributed by atoms with Gasteiger partial charge in [0.25, 0.3) is 5.91 Å². The molecular formula is C13H17N7O3. The fourth-order valence-electron chi connectivity index (χ4n) is 2.39. The maximum atomic E-state index is 11.6. The maximum absolute atomic E-state index is 11.6. The number of nitrogens with zero attached hydrogens (tertiary/aromatic N) is 5. The Morgan fingerprint density at radius 3 is 3.13 bits per heavy atom. The van der Waals surface area contributed by atoms with Crippen molar-refractivity contribution in [3.8, 4) is 0 Å². The largest absolute Gasteiger partial charge is 0.391 e. The summed E-state index contributed by atoms with van der Waals surface area (Å²) in [5, 5.41) is 22.2. The third kappa shape index (κ3) is 3.37. The van der Waals surface area contributed by atoms with Crippen molar-refractivity contribution in [3.63, 3.8) is 0 Å². The Hall–Kier alpha value is -2.75. The molecule has 10 nitrogen and oxygen atoms in total. The van der Waals surface area contributed by atoms with E-state index in [-0.39, 0.29) is 23.6 Å². The first-order valence-corrected chi connectivity index (χ1v) is 7.25. The standard InChI is InChI=1S/C13H17N7O3/c1-14-12(22)10-11(19-23-18-10)17-13-15-5-4-9(16-13)20-6-2-3-8(21)7-20/h4-5,8,21H,2-3,6-7H2,1H3,(H,14,22)(H,15,16,17,19). The van der Waals surface area contributed by atoms with E-state index in [4.69, 9.17) is 0 Å². The molecule has 2 aromatic rings. The van der Waals surface area contributed by atoms with E-state index in [2.05, 4.69) is 35.5 Å². The predicted molar refractivity (Wildman–Crippen MR) is 80.5 cm³/mol. The Morgan fingerprint density at radius 2 is 2.35 bits per heavy atom. The molecule has 0 aromatic carbocycles. The number of β-amino-alcohol motifs (C(OH)–C–C–N with tert-alkyl or cyclic N) is 1. The van der Waals surface area contributed by atoms with Crippen LogP contribution in [0.25, 0.3) is 0 Å². The summed E-state index contributed by atoms with van der Waals surface area (Å²) >= 11 is 0. The van der Waals surface area contributed by atoms with Gasteiger partial charge in [0.2, 0.25) is 17.5 Å². The Bertz CT molecular complexity index is 690. The summed E-state index contributed by atoms with van der Waals surface area (Å²) in [6.07, 6.45) is 2.95. The van der Waals surface area contributed by atoms with Gasteiger partial charge in [-0.05, 0) is 29.2 Å². The number of aromatic nitrogens is 4. The minimum absolute atomic E-state index is 0.0231. The van der Waals surface area contributed by atoms with Crippen LogP contribution in [0, 0.1) is 0 Å². The smallest absolute Gasteiger partial charge is 0.277 e. The van der Waals surface area contributed by atoms with Crippen LogP contribution in [0.3, 0.4) is 0 Å². The van der Waals surface area contributed by atoms with Gasteiger partial charge in [-0.2, -0.15) is 4.98 Å². The van der Waals surface area contributed by atoms with E-state index in [1.165, 1.54) is 7.05 Å². The lowest BCUT2D eigenvalue weighted by Crippen LogP contribution is -2.38. The first kappa shape index (κ1) is 15.2. The number of nitrogens with one attached hydrogen (secondary N) is 2. The van der Waals surface area contributed by atoms with Gasteiger partial charge >= 0.3 is 0 Å². The Labute approximate surface area is 131 Å². The third-order valence-corrected chi connectivity index (χ3v) is 3.52. The van der Waals surface area contributed by atoms with Crippen LogP contribution < -0.4 is 15.5 Å². The highest BCUT2D eigenvalue weighted by molar-refractivity contribution is 5.96. The van der Waals surface area contributed by atoms with Gasteiger partial charge in [0, 0.05) is 26.3 Å². The molecule has 0 spiro atoms. The summed E-state index contributed by atoms with van der Waals surface area (Å²) in [4.78, 5) is 22.1. The van der Waals surface area contributed by atoms with Gasteiger partial charge in [-0.3, -0.25) is 4.79 Å². The highest BCUT2D eigenvalue weighted by Crippen LogP contribution is 2.20. The molecular weight excluding hydrogens is 302 g/mol. The molecule has 1 fully saturated rings. The number of aliphatic hydroxyl groups is 1. The number of amides is 1. The molecule has 10 heteroatoms. The zero-order valence-electron chi connectivity index (χ0n) is 12.6. The Balaban J connectivity index is 1.78. The monoisotopic (exact) mass is 319 g/mol. The molecule has 1 atom stereocenters. The van der Waals surface area contributed by atoms with E-state index in [1.54, 1.807) is 12.3 Å². The molecule has 0 bridgehead atoms. The average Bonchev–Trinajstić information content (AvgIpc) is 3.02. The molecule has 122 valence electrons. The van der Waals surface area contributed by atoms with Crippen molar-refractivity contribution in [2.75, 3.05) is 30.4 Å². The molecule has 1 unspecified atom stereocenters. The fraction of sp³-hybridized carbons (Fsp3) is 0.462. The van der Waals surface area contributed by atoms with Crippen molar-refractivity contribution in [2.45, 2.75) is 18.9 Å². The van der Waals surface area contributed by atoms with Crippen molar-refractivity contribution in [2.24, 2.45) is 0 Å². The fourth-order valence-corrected chi connectivity index (χ4v) is 2.39. The molecule has 23 heavy (non-hydrogen) atoms. The molecule has 1 saturated heterocycles. The van der Waals surface area contributed by atoms with E-state index < -0.39 is 5.91 Å². The van der Waals surface area contributed by atoms with E-state index in [0.717, 1.165) is 19.4 Å². The topological polar surface area (TPSA) is 129 Å². The van der Waals surface area contributed by atoms with Crippen LogP contribution in [0.2, 0.25) is 0 Å². The quantitative estimate of drug-likeness (QED) is 0.708. The molecule has 1 amide bonds. The lowest BCUT2D eigenvalue weighted by Gasteiger charge is -2.30. The van der Waals surface area contributed by atoms with Crippen molar-refractivity contribution in [3.05, 3.63) is 18.0 Å². The van der Waals surface area contributed by atoms with Crippen molar-refractivity contribution in [1.29, 1.82) is 0 Å². The van der Waals surface area contributed by atoms with Crippen LogP contribution in [-0.2, 0) is 0 Å². The van der Waals surface area contributed by atoms with Gasteiger partial charge in [0.1, 0.15) is 5.82 Å². The van der Waals surface area contributed by atoms with Crippen LogP contribution >= 0.6 is 0 Å². The predicted octanol–water partition coefficient (Wildman–Crippen LogP) is -0.0761. The van der Waals surface area contributed by atoms with Crippen LogP contribution in [0.15, 0.2) is 16.9 Å². The van der Waals surface area contributed by atoms with E-state index in [1.807, 2.05) is 4.90 Å². The summed E-state index contributed by atoms with van der Waals surface area (Å²) < 4.78 is 4.58. The van der Waals surface area contributed by atoms with Gasteiger partial charge in [0.15, 0.2) is 0 Å². The van der Waals surface area contributed by atoms with Crippen LogP contribution in [0.4, 0.5) is 17.6 Å². The second-order valence-electron chi connectivity index (χ2n) is 5.15. The summed E-state index contributed by atoms with van der Waals surface area (Å²) in [6, 6.07) is 1.77. The highest BCUT2D eigenvalue weighted by atomic mass is 16.6. The SMILES string of the molecule is CNC(=O)c1nonc1Nc1nccc(N2CCCC(O)C2)n1. The number of hydrogen-bond donors (Lipinski definition) is 3. The zero-order chi connectivity index (χ0) is 16.2. The summed E-state index contributed by atoms with van der Waals surface area (Å²) in [5.74, 6) is 0.673. The molecule has 0 saturated carbocycles. The number of rotatable bonds is 4. The zero-order valence-corrected chi connectivity index (χ0v) is 12.6. The number of carbonyl (C=O) groups excluding carboxylic acids is 1. The van der Waals surface area contributed by atoms with Crippen molar-refractivity contribution >= 4 is 23.5 Å². The summed E-state index contributed by atoms with van der Waals surface area (Å²) in [7, 11) is 1.49. The minimum Gasteiger partial charge on any atom is -0.391 e. The van der Waals surface area contributed by atoms with Gasteiger partial charge in [-0.25, -0.2) is 9.61 Å². The lowest BCUT2D eigenvalue weighted by molar-refractivity contribution is 0.0954. The molecule has 1 aliphatic rings. The molecule has 3 rings (SSSR count). The Kier molecular flexibility index (Phi) is 4.33. The Morgan fingerprint density at radius 1 is 1.48 bits per heavy atom. The van der Waals surface area contributed by atoms with Gasteiger partial charge in [-0.1, -0.05) is 0 Å². The number of hydrogen-bond acceptors (Lipinski definition) is 9. The number of carbonyl (C=O) groups is 1. The number of aliphatic hydroxyl groups excluding tert-OH is 1. The van der Waals surface area contributed by atoms with E-state index >= 15 is 0 Å². The van der Waals surface area contributed by atoms with Crippen LogP contribution in [0.1, 0.15) is 23.3 Å². The first-order valence-electron chi connectivity index (χ1n) is 7.25. The number of anilines is 3. The van der Waals surface area contributed by atoms with Gasteiger partial charge in [0.05, 0.1) is 6.10 Å². The average molecular weight is 319 g/mol. The van der Waals surface area contributed by atoms with E-state index in [9.17, 15) is 9.90 Å². The minimum atomic E-state index is -0.427. The summed E-state index contributed by atoms with van der Waals surface area (Å²) in [6.45, 7) is 1.36. The molecule has 2 aromatic heterocycles. The van der Waals surface area contributed by atoms with Gasteiger partial charge < -0.3 is 20.6 Å². The molecule has 3 N–H and O–H groups in total. The van der Waals surface area contributed by atoms with Crippen LogP contribution in [-0.4, -0.2) is 57.5 Å². The van der Waals surface area contributed by atoms with Crippen LogP contribution in [0.5, 0.6) is 0 Å². The maximum Gasteiger partial charge on any atom is 0.277 e. The van der Waals surface area contributed by atoms with Crippen molar-refractivity contribution < 1.29 is 14.5 Å². The second kappa shape index (κ2) is 6.57. The molecule has 3 heterocycles. The normalized spacial score (nSPS) is 17.8. The second-order valence-corrected chi connectivity index (χ2v) is 5.15. The number of piperidine rings is 1. The highest BCUT2D eigenvalue weighted by Gasteiger charge is 2.21. The first-order chi connectivity index (χ1) is 11.2. The molecule has 1 aliphatic heterocycles.